The summed E-state index contributed by atoms with van der Waals surface area (Å²) in [7, 11) is 0. The fourth-order valence-electron chi connectivity index (χ4n) is 2.38. The summed E-state index contributed by atoms with van der Waals surface area (Å²) >= 11 is 0. The maximum atomic E-state index is 11.4. The van der Waals surface area contributed by atoms with Crippen LogP contribution in [0.4, 0.5) is 0 Å². The normalized spacial score (nSPS) is 12.5. The second-order valence-corrected chi connectivity index (χ2v) is 6.08. The van der Waals surface area contributed by atoms with Crippen molar-refractivity contribution in [2.24, 2.45) is 0 Å². The zero-order chi connectivity index (χ0) is 16.6. The molecule has 0 heterocycles. The van der Waals surface area contributed by atoms with Crippen molar-refractivity contribution in [3.8, 4) is 0 Å². The molecule has 3 nitrogen and oxygen atoms in total. The summed E-state index contributed by atoms with van der Waals surface area (Å²) in [5.74, 6) is 0.174. The fraction of sp³-hybridized carbons (Fsp3) is 0.789. The quantitative estimate of drug-likeness (QED) is 0.246. The van der Waals surface area contributed by atoms with E-state index in [-0.39, 0.29) is 12.1 Å². The lowest BCUT2D eigenvalue weighted by molar-refractivity contribution is -0.145. The van der Waals surface area contributed by atoms with Crippen molar-refractivity contribution in [2.75, 3.05) is 0 Å². The van der Waals surface area contributed by atoms with E-state index in [0.717, 1.165) is 38.5 Å². The summed E-state index contributed by atoms with van der Waals surface area (Å²) in [6.45, 7) is 5.52. The lowest BCUT2D eigenvalue weighted by Gasteiger charge is -2.10. The van der Waals surface area contributed by atoms with Crippen LogP contribution in [0.5, 0.6) is 0 Å². The molecule has 0 aliphatic heterocycles. The van der Waals surface area contributed by atoms with Crippen LogP contribution >= 0.6 is 0 Å². The van der Waals surface area contributed by atoms with Crippen LogP contribution in [-0.4, -0.2) is 17.9 Å². The van der Waals surface area contributed by atoms with Crippen LogP contribution < -0.4 is 0 Å². The Morgan fingerprint density at radius 2 is 1.68 bits per heavy atom. The molecule has 0 saturated heterocycles. The topological polar surface area (TPSA) is 43.4 Å². The van der Waals surface area contributed by atoms with E-state index in [1.54, 1.807) is 0 Å². The maximum absolute atomic E-state index is 11.4. The molecule has 0 fully saturated rings. The molecular formula is C19H34O3. The van der Waals surface area contributed by atoms with Crippen LogP contribution in [0.1, 0.15) is 91.4 Å². The number of ketones is 1. The molecule has 22 heavy (non-hydrogen) atoms. The van der Waals surface area contributed by atoms with Crippen molar-refractivity contribution in [1.82, 2.24) is 0 Å². The highest BCUT2D eigenvalue weighted by Gasteiger charge is 2.04. The van der Waals surface area contributed by atoms with Gasteiger partial charge in [0.05, 0.1) is 6.10 Å². The molecule has 1 unspecified atom stereocenters. The van der Waals surface area contributed by atoms with Crippen molar-refractivity contribution in [3.05, 3.63) is 12.2 Å². The largest absolute Gasteiger partial charge is 0.463 e. The van der Waals surface area contributed by atoms with E-state index in [1.807, 2.05) is 13.0 Å². The van der Waals surface area contributed by atoms with E-state index in [9.17, 15) is 9.59 Å². The number of allylic oxidation sites excluding steroid dienone is 2. The number of ether oxygens (including phenoxy) is 1. The van der Waals surface area contributed by atoms with Gasteiger partial charge in [0, 0.05) is 19.8 Å². The molecule has 0 aliphatic rings. The number of Topliss-reactive ketones (excluding diaryl/α,β-unsaturated/α-hetero) is 1. The van der Waals surface area contributed by atoms with Gasteiger partial charge in [-0.15, -0.1) is 0 Å². The van der Waals surface area contributed by atoms with Crippen molar-refractivity contribution in [2.45, 2.75) is 97.5 Å². The molecule has 3 heteroatoms. The Morgan fingerprint density at radius 1 is 1.00 bits per heavy atom. The van der Waals surface area contributed by atoms with Crippen LogP contribution in [-0.2, 0) is 14.3 Å². The van der Waals surface area contributed by atoms with Gasteiger partial charge in [0.15, 0.2) is 0 Å². The fourth-order valence-corrected chi connectivity index (χ4v) is 2.38. The zero-order valence-electron chi connectivity index (χ0n) is 14.7. The van der Waals surface area contributed by atoms with Gasteiger partial charge in [-0.25, -0.2) is 0 Å². The molecule has 0 amide bonds. The lowest BCUT2D eigenvalue weighted by atomic mass is 10.1. The minimum atomic E-state index is -0.188. The molecular weight excluding hydrogens is 276 g/mol. The monoisotopic (exact) mass is 310 g/mol. The number of rotatable bonds is 14. The van der Waals surface area contributed by atoms with E-state index < -0.39 is 0 Å². The Bertz CT molecular complexity index is 321. The predicted octanol–water partition coefficient (Wildman–Crippen LogP) is 5.37. The smallest absolute Gasteiger partial charge is 0.302 e. The number of hydrogen-bond acceptors (Lipinski definition) is 3. The predicted molar refractivity (Wildman–Crippen MR) is 91.8 cm³/mol. The number of carbonyl (C=O) groups excluding carboxylic acids is 2. The first-order chi connectivity index (χ1) is 10.6. The van der Waals surface area contributed by atoms with E-state index in [1.165, 1.54) is 32.6 Å². The molecule has 0 aliphatic carbocycles. The molecule has 0 N–H and O–H groups in total. The molecule has 0 aromatic carbocycles. The molecule has 0 rings (SSSR count). The summed E-state index contributed by atoms with van der Waals surface area (Å²) in [6, 6.07) is 0. The van der Waals surface area contributed by atoms with Crippen LogP contribution in [0, 0.1) is 0 Å². The third-order valence-corrected chi connectivity index (χ3v) is 3.67. The highest BCUT2D eigenvalue weighted by atomic mass is 16.5. The van der Waals surface area contributed by atoms with E-state index in [4.69, 9.17) is 4.74 Å². The van der Waals surface area contributed by atoms with Gasteiger partial charge in [0.25, 0.3) is 0 Å². The van der Waals surface area contributed by atoms with E-state index >= 15 is 0 Å². The van der Waals surface area contributed by atoms with Gasteiger partial charge in [-0.1, -0.05) is 44.8 Å². The third kappa shape index (κ3) is 15.3. The molecule has 0 aromatic rings. The standard InChI is InChI=1S/C19H34O3/c1-4-5-15-19(21)16-13-11-9-7-6-8-10-12-14-17(2)22-18(3)20/h11,13,17H,4-10,12,14-16H2,1-3H3. The maximum Gasteiger partial charge on any atom is 0.302 e. The van der Waals surface area contributed by atoms with Gasteiger partial charge in [0.2, 0.25) is 0 Å². The average molecular weight is 310 g/mol. The Labute approximate surface area is 136 Å². The summed E-state index contributed by atoms with van der Waals surface area (Å²) in [5.41, 5.74) is 0. The van der Waals surface area contributed by atoms with Crippen molar-refractivity contribution in [1.29, 1.82) is 0 Å². The molecule has 1 atom stereocenters. The Balaban J connectivity index is 3.32. The van der Waals surface area contributed by atoms with Gasteiger partial charge in [-0.3, -0.25) is 9.59 Å². The van der Waals surface area contributed by atoms with E-state index in [2.05, 4.69) is 13.0 Å². The molecule has 0 aromatic heterocycles. The lowest BCUT2D eigenvalue weighted by Crippen LogP contribution is -2.11. The molecule has 128 valence electrons. The van der Waals surface area contributed by atoms with Gasteiger partial charge in [-0.2, -0.15) is 0 Å². The number of esters is 1. The molecule has 0 saturated carbocycles. The SMILES string of the molecule is CCCCC(=O)CC=CCCCCCCCC(C)OC(C)=O. The van der Waals surface area contributed by atoms with Gasteiger partial charge < -0.3 is 4.74 Å². The number of hydrogen-bond donors (Lipinski definition) is 0. The average Bonchev–Trinajstić information content (AvgIpc) is 2.46. The minimum Gasteiger partial charge on any atom is -0.463 e. The first-order valence-corrected chi connectivity index (χ1v) is 8.90. The van der Waals surface area contributed by atoms with Gasteiger partial charge in [-0.05, 0) is 39.0 Å². The highest BCUT2D eigenvalue weighted by Crippen LogP contribution is 2.11. The van der Waals surface area contributed by atoms with Gasteiger partial charge >= 0.3 is 5.97 Å². The second-order valence-electron chi connectivity index (χ2n) is 6.08. The highest BCUT2D eigenvalue weighted by molar-refractivity contribution is 5.79. The van der Waals surface area contributed by atoms with Crippen LogP contribution in [0.15, 0.2) is 12.2 Å². The van der Waals surface area contributed by atoms with Crippen molar-refractivity contribution >= 4 is 11.8 Å². The Kier molecular flexibility index (Phi) is 14.0. The van der Waals surface area contributed by atoms with E-state index in [0.29, 0.717) is 12.2 Å². The first kappa shape index (κ1) is 20.9. The third-order valence-electron chi connectivity index (χ3n) is 3.67. The summed E-state index contributed by atoms with van der Waals surface area (Å²) < 4.78 is 5.09. The molecule has 0 spiro atoms. The summed E-state index contributed by atoms with van der Waals surface area (Å²) in [4.78, 5) is 22.2. The van der Waals surface area contributed by atoms with Crippen molar-refractivity contribution < 1.29 is 14.3 Å². The minimum absolute atomic E-state index is 0.0469. The second kappa shape index (κ2) is 14.8. The molecule has 0 bridgehead atoms. The molecule has 0 radical (unpaired) electrons. The van der Waals surface area contributed by atoms with Gasteiger partial charge in [0.1, 0.15) is 5.78 Å². The number of unbranched alkanes of at least 4 members (excludes halogenated alkanes) is 6. The summed E-state index contributed by atoms with van der Waals surface area (Å²) in [6.07, 6.45) is 15.7. The van der Waals surface area contributed by atoms with Crippen LogP contribution in [0.2, 0.25) is 0 Å². The Hall–Kier alpha value is -1.12. The zero-order valence-corrected chi connectivity index (χ0v) is 14.7. The van der Waals surface area contributed by atoms with Crippen molar-refractivity contribution in [3.63, 3.8) is 0 Å². The summed E-state index contributed by atoms with van der Waals surface area (Å²) in [5, 5.41) is 0. The number of carbonyl (C=O) groups is 2. The first-order valence-electron chi connectivity index (χ1n) is 8.90. The van der Waals surface area contributed by atoms with Crippen LogP contribution in [0.25, 0.3) is 0 Å². The Morgan fingerprint density at radius 3 is 2.36 bits per heavy atom. The van der Waals surface area contributed by atoms with Crippen LogP contribution in [0.3, 0.4) is 0 Å².